The van der Waals surface area contributed by atoms with Crippen LogP contribution in [0.25, 0.3) is 11.0 Å². The standard InChI is InChI=1S/C15H11BrN2S/c16-11-5-3-4-10(8-11)15-18-13-7-2-1-6-12(13)17-14(18)9-19-15/h1-8,15H,9H2/t15-/m1/s1. The number of imidazole rings is 1. The Bertz CT molecular complexity index is 766. The number of nitrogens with zero attached hydrogens (tertiary/aromatic N) is 2. The van der Waals surface area contributed by atoms with Crippen molar-refractivity contribution in [2.75, 3.05) is 0 Å². The molecule has 0 unspecified atom stereocenters. The average molecular weight is 331 g/mol. The molecule has 0 saturated carbocycles. The van der Waals surface area contributed by atoms with Crippen molar-refractivity contribution >= 4 is 38.7 Å². The van der Waals surface area contributed by atoms with E-state index >= 15 is 0 Å². The Balaban J connectivity index is 1.91. The molecule has 0 N–H and O–H groups in total. The van der Waals surface area contributed by atoms with Crippen molar-refractivity contribution in [2.45, 2.75) is 11.1 Å². The zero-order chi connectivity index (χ0) is 12.8. The molecular formula is C15H11BrN2S. The molecule has 94 valence electrons. The number of halogens is 1. The van der Waals surface area contributed by atoms with E-state index < -0.39 is 0 Å². The molecule has 0 radical (unpaired) electrons. The fourth-order valence-corrected chi connectivity index (χ4v) is 4.24. The monoisotopic (exact) mass is 330 g/mol. The topological polar surface area (TPSA) is 17.8 Å². The molecule has 1 atom stereocenters. The Morgan fingerprint density at radius 3 is 2.95 bits per heavy atom. The van der Waals surface area contributed by atoms with Crippen molar-refractivity contribution in [3.63, 3.8) is 0 Å². The molecule has 4 heteroatoms. The number of fused-ring (bicyclic) bond motifs is 3. The first-order valence-electron chi connectivity index (χ1n) is 6.16. The molecule has 1 aliphatic heterocycles. The van der Waals surface area contributed by atoms with Crippen molar-refractivity contribution in [3.8, 4) is 0 Å². The van der Waals surface area contributed by atoms with Crippen LogP contribution < -0.4 is 0 Å². The fourth-order valence-electron chi connectivity index (χ4n) is 2.59. The van der Waals surface area contributed by atoms with Gasteiger partial charge in [-0.1, -0.05) is 40.2 Å². The van der Waals surface area contributed by atoms with Gasteiger partial charge in [-0.25, -0.2) is 4.98 Å². The molecule has 0 aliphatic carbocycles. The number of benzene rings is 2. The van der Waals surface area contributed by atoms with Crippen LogP contribution in [0.5, 0.6) is 0 Å². The van der Waals surface area contributed by atoms with E-state index in [1.165, 1.54) is 16.9 Å². The van der Waals surface area contributed by atoms with Crippen LogP contribution >= 0.6 is 27.7 Å². The second-order valence-electron chi connectivity index (χ2n) is 4.61. The summed E-state index contributed by atoms with van der Waals surface area (Å²) in [5, 5.41) is 0.333. The quantitative estimate of drug-likeness (QED) is 0.649. The summed E-state index contributed by atoms with van der Waals surface area (Å²) >= 11 is 5.49. The molecule has 0 fully saturated rings. The van der Waals surface area contributed by atoms with Gasteiger partial charge in [0.05, 0.1) is 16.8 Å². The predicted molar refractivity (Wildman–Crippen MR) is 83.3 cm³/mol. The molecule has 0 saturated heterocycles. The van der Waals surface area contributed by atoms with E-state index in [4.69, 9.17) is 4.98 Å². The highest BCUT2D eigenvalue weighted by Gasteiger charge is 2.27. The number of hydrogen-bond acceptors (Lipinski definition) is 2. The third kappa shape index (κ3) is 1.82. The highest BCUT2D eigenvalue weighted by molar-refractivity contribution is 9.10. The van der Waals surface area contributed by atoms with E-state index in [-0.39, 0.29) is 0 Å². The van der Waals surface area contributed by atoms with Gasteiger partial charge >= 0.3 is 0 Å². The van der Waals surface area contributed by atoms with Gasteiger partial charge in [-0.15, -0.1) is 11.8 Å². The van der Waals surface area contributed by atoms with E-state index in [1.54, 1.807) is 0 Å². The van der Waals surface area contributed by atoms with Crippen LogP contribution in [-0.2, 0) is 5.75 Å². The zero-order valence-electron chi connectivity index (χ0n) is 10.1. The minimum Gasteiger partial charge on any atom is -0.310 e. The van der Waals surface area contributed by atoms with Crippen LogP contribution in [-0.4, -0.2) is 9.55 Å². The SMILES string of the molecule is Brc1cccc([C@H]2SCc3nc4ccccc4n32)c1. The van der Waals surface area contributed by atoms with Crippen molar-refractivity contribution in [2.24, 2.45) is 0 Å². The van der Waals surface area contributed by atoms with Gasteiger partial charge in [0.2, 0.25) is 0 Å². The number of rotatable bonds is 1. The van der Waals surface area contributed by atoms with E-state index in [0.29, 0.717) is 5.37 Å². The summed E-state index contributed by atoms with van der Waals surface area (Å²) in [6, 6.07) is 16.9. The molecule has 2 nitrogen and oxygen atoms in total. The van der Waals surface area contributed by atoms with E-state index in [1.807, 2.05) is 17.8 Å². The van der Waals surface area contributed by atoms with Gasteiger partial charge in [-0.3, -0.25) is 0 Å². The van der Waals surface area contributed by atoms with Gasteiger partial charge in [0.25, 0.3) is 0 Å². The maximum Gasteiger partial charge on any atom is 0.121 e. The molecular weight excluding hydrogens is 320 g/mol. The first-order chi connectivity index (χ1) is 9.33. The Hall–Kier alpha value is -1.26. The summed E-state index contributed by atoms with van der Waals surface area (Å²) in [4.78, 5) is 4.72. The second kappa shape index (κ2) is 4.39. The first kappa shape index (κ1) is 11.6. The Morgan fingerprint density at radius 1 is 1.16 bits per heavy atom. The van der Waals surface area contributed by atoms with Crippen molar-refractivity contribution in [1.29, 1.82) is 0 Å². The van der Waals surface area contributed by atoms with Crippen molar-refractivity contribution in [1.82, 2.24) is 9.55 Å². The van der Waals surface area contributed by atoms with Crippen LogP contribution in [0.3, 0.4) is 0 Å². The normalized spacial score (nSPS) is 17.8. The molecule has 0 bridgehead atoms. The number of thioether (sulfide) groups is 1. The first-order valence-corrected chi connectivity index (χ1v) is 8.00. The van der Waals surface area contributed by atoms with Crippen LogP contribution in [0.4, 0.5) is 0 Å². The Labute approximate surface area is 124 Å². The Morgan fingerprint density at radius 2 is 2.05 bits per heavy atom. The number of hydrogen-bond donors (Lipinski definition) is 0. The molecule has 2 aromatic carbocycles. The molecule has 4 rings (SSSR count). The highest BCUT2D eigenvalue weighted by Crippen LogP contribution is 2.43. The lowest BCUT2D eigenvalue weighted by Crippen LogP contribution is -2.03. The number of aromatic nitrogens is 2. The summed E-state index contributed by atoms with van der Waals surface area (Å²) in [5.41, 5.74) is 3.64. The minimum absolute atomic E-state index is 0.333. The lowest BCUT2D eigenvalue weighted by Gasteiger charge is -2.14. The second-order valence-corrected chi connectivity index (χ2v) is 6.59. The van der Waals surface area contributed by atoms with E-state index in [2.05, 4.69) is 63.0 Å². The Kier molecular flexibility index (Phi) is 2.67. The summed E-state index contributed by atoms with van der Waals surface area (Å²) in [5.74, 6) is 2.16. The van der Waals surface area contributed by atoms with Gasteiger partial charge < -0.3 is 4.57 Å². The van der Waals surface area contributed by atoms with Crippen molar-refractivity contribution in [3.05, 3.63) is 64.4 Å². The maximum absolute atomic E-state index is 4.72. The predicted octanol–water partition coefficient (Wildman–Crippen LogP) is 4.59. The molecule has 0 spiro atoms. The minimum atomic E-state index is 0.333. The summed E-state index contributed by atoms with van der Waals surface area (Å²) in [7, 11) is 0. The lowest BCUT2D eigenvalue weighted by atomic mass is 10.2. The van der Waals surface area contributed by atoms with Crippen LogP contribution in [0.15, 0.2) is 53.0 Å². The molecule has 1 aliphatic rings. The lowest BCUT2D eigenvalue weighted by molar-refractivity contribution is 0.793. The maximum atomic E-state index is 4.72. The van der Waals surface area contributed by atoms with Crippen molar-refractivity contribution < 1.29 is 0 Å². The largest absolute Gasteiger partial charge is 0.310 e. The smallest absolute Gasteiger partial charge is 0.121 e. The zero-order valence-corrected chi connectivity index (χ0v) is 12.5. The molecule has 0 amide bonds. The van der Waals surface area contributed by atoms with Crippen LogP contribution in [0.2, 0.25) is 0 Å². The van der Waals surface area contributed by atoms with Gasteiger partial charge in [0.15, 0.2) is 0 Å². The van der Waals surface area contributed by atoms with E-state index in [0.717, 1.165) is 15.7 Å². The van der Waals surface area contributed by atoms with Gasteiger partial charge in [0, 0.05) is 4.47 Å². The van der Waals surface area contributed by atoms with E-state index in [9.17, 15) is 0 Å². The van der Waals surface area contributed by atoms with Gasteiger partial charge in [-0.05, 0) is 29.8 Å². The fraction of sp³-hybridized carbons (Fsp3) is 0.133. The molecule has 3 aromatic rings. The third-order valence-corrected chi connectivity index (χ3v) is 5.12. The highest BCUT2D eigenvalue weighted by atomic mass is 79.9. The van der Waals surface area contributed by atoms with Crippen LogP contribution in [0, 0.1) is 0 Å². The summed E-state index contributed by atoms with van der Waals surface area (Å²) < 4.78 is 3.49. The number of para-hydroxylation sites is 2. The molecule has 19 heavy (non-hydrogen) atoms. The summed E-state index contributed by atoms with van der Waals surface area (Å²) in [6.07, 6.45) is 0. The van der Waals surface area contributed by atoms with Crippen LogP contribution in [0.1, 0.15) is 16.8 Å². The molecule has 1 aromatic heterocycles. The van der Waals surface area contributed by atoms with Gasteiger partial charge in [0.1, 0.15) is 11.2 Å². The third-order valence-electron chi connectivity index (χ3n) is 3.41. The molecule has 2 heterocycles. The van der Waals surface area contributed by atoms with Gasteiger partial charge in [-0.2, -0.15) is 0 Å². The summed E-state index contributed by atoms with van der Waals surface area (Å²) in [6.45, 7) is 0. The average Bonchev–Trinajstić information content (AvgIpc) is 2.97.